The van der Waals surface area contributed by atoms with Gasteiger partial charge in [-0.25, -0.2) is 0 Å². The number of hydrogen-bond acceptors (Lipinski definition) is 2. The van der Waals surface area contributed by atoms with Gasteiger partial charge in [0.05, 0.1) is 8.95 Å². The van der Waals surface area contributed by atoms with Crippen LogP contribution in [0, 0.1) is 0 Å². The minimum atomic E-state index is -0.183. The van der Waals surface area contributed by atoms with Crippen molar-refractivity contribution in [3.8, 4) is 5.75 Å². The zero-order valence-corrected chi connectivity index (χ0v) is 11.6. The second kappa shape index (κ2) is 6.06. The Labute approximate surface area is 111 Å². The zero-order chi connectivity index (χ0) is 12.1. The molecule has 3 nitrogen and oxygen atoms in total. The van der Waals surface area contributed by atoms with Crippen LogP contribution in [0.3, 0.4) is 0 Å². The quantitative estimate of drug-likeness (QED) is 0.822. The zero-order valence-electron chi connectivity index (χ0n) is 8.46. The van der Waals surface area contributed by atoms with Crippen LogP contribution in [0.4, 0.5) is 0 Å². The lowest BCUT2D eigenvalue weighted by Crippen LogP contribution is -2.23. The minimum Gasteiger partial charge on any atom is -0.506 e. The van der Waals surface area contributed by atoms with Crippen molar-refractivity contribution >= 4 is 37.8 Å². The molecule has 2 N–H and O–H groups in total. The van der Waals surface area contributed by atoms with Crippen molar-refractivity contribution in [3.05, 3.63) is 39.3 Å². The summed E-state index contributed by atoms with van der Waals surface area (Å²) in [5, 5.41) is 12.2. The smallest absolute Gasteiger partial charge is 0.243 e. The van der Waals surface area contributed by atoms with Crippen LogP contribution in [0.5, 0.6) is 5.75 Å². The first-order chi connectivity index (χ1) is 7.54. The highest BCUT2D eigenvalue weighted by atomic mass is 79.9. The lowest BCUT2D eigenvalue weighted by molar-refractivity contribution is -0.116. The number of carbonyl (C=O) groups excluding carboxylic acids is 1. The molecule has 0 saturated carbocycles. The number of rotatable bonds is 4. The van der Waals surface area contributed by atoms with E-state index >= 15 is 0 Å². The molecule has 5 heteroatoms. The van der Waals surface area contributed by atoms with Gasteiger partial charge in [0.1, 0.15) is 5.75 Å². The minimum absolute atomic E-state index is 0.180. The third-order valence-corrected chi connectivity index (χ3v) is 3.18. The summed E-state index contributed by atoms with van der Waals surface area (Å²) in [7, 11) is 0. The molecule has 0 unspecified atom stereocenters. The van der Waals surface area contributed by atoms with Crippen LogP contribution in [0.15, 0.2) is 33.7 Å². The fraction of sp³-hybridized carbons (Fsp3) is 0.182. The predicted molar refractivity (Wildman–Crippen MR) is 70.4 cm³/mol. The summed E-state index contributed by atoms with van der Waals surface area (Å²) in [6.45, 7) is 3.90. The second-order valence-corrected chi connectivity index (χ2v) is 4.86. The lowest BCUT2D eigenvalue weighted by Gasteiger charge is -2.06. The van der Waals surface area contributed by atoms with Crippen molar-refractivity contribution in [1.29, 1.82) is 0 Å². The van der Waals surface area contributed by atoms with E-state index in [0.29, 0.717) is 21.9 Å². The summed E-state index contributed by atoms with van der Waals surface area (Å²) < 4.78 is 1.26. The van der Waals surface area contributed by atoms with Gasteiger partial charge in [-0.05, 0) is 62.1 Å². The average Bonchev–Trinajstić information content (AvgIpc) is 2.25. The van der Waals surface area contributed by atoms with Gasteiger partial charge in [-0.2, -0.15) is 0 Å². The first-order valence-electron chi connectivity index (χ1n) is 4.61. The Hall–Kier alpha value is -0.810. The molecule has 1 amide bonds. The Kier molecular flexibility index (Phi) is 5.02. The third-order valence-electron chi connectivity index (χ3n) is 1.97. The molecule has 86 valence electrons. The van der Waals surface area contributed by atoms with Crippen LogP contribution < -0.4 is 5.32 Å². The number of halogens is 2. The Morgan fingerprint density at radius 1 is 1.44 bits per heavy atom. The van der Waals surface area contributed by atoms with Gasteiger partial charge in [0, 0.05) is 6.54 Å². The summed E-state index contributed by atoms with van der Waals surface area (Å²) in [4.78, 5) is 10.9. The molecule has 16 heavy (non-hydrogen) atoms. The highest BCUT2D eigenvalue weighted by Crippen LogP contribution is 2.33. The van der Waals surface area contributed by atoms with Crippen molar-refractivity contribution in [2.45, 2.75) is 6.42 Å². The lowest BCUT2D eigenvalue weighted by atomic mass is 10.1. The van der Waals surface area contributed by atoms with E-state index in [2.05, 4.69) is 43.8 Å². The molecule has 0 aliphatic heterocycles. The largest absolute Gasteiger partial charge is 0.506 e. The molecule has 0 aliphatic carbocycles. The highest BCUT2D eigenvalue weighted by Gasteiger charge is 2.05. The van der Waals surface area contributed by atoms with Gasteiger partial charge in [0.2, 0.25) is 5.91 Å². The fourth-order valence-corrected chi connectivity index (χ4v) is 2.45. The van der Waals surface area contributed by atoms with E-state index in [1.54, 1.807) is 0 Å². The van der Waals surface area contributed by atoms with E-state index in [9.17, 15) is 9.90 Å². The van der Waals surface area contributed by atoms with Gasteiger partial charge in [0.25, 0.3) is 0 Å². The van der Waals surface area contributed by atoms with Gasteiger partial charge in [-0.3, -0.25) is 4.79 Å². The van der Waals surface area contributed by atoms with Crippen molar-refractivity contribution in [2.24, 2.45) is 0 Å². The number of aromatic hydroxyl groups is 1. The summed E-state index contributed by atoms with van der Waals surface area (Å²) in [5.41, 5.74) is 1.01. The highest BCUT2D eigenvalue weighted by molar-refractivity contribution is 9.11. The predicted octanol–water partition coefficient (Wildman–Crippen LogP) is 2.76. The topological polar surface area (TPSA) is 49.3 Å². The second-order valence-electron chi connectivity index (χ2n) is 3.15. The maximum Gasteiger partial charge on any atom is 0.243 e. The Morgan fingerprint density at radius 2 is 2.00 bits per heavy atom. The number of phenols is 1. The molecule has 0 atom stereocenters. The van der Waals surface area contributed by atoms with Crippen molar-refractivity contribution < 1.29 is 9.90 Å². The van der Waals surface area contributed by atoms with E-state index in [-0.39, 0.29) is 11.7 Å². The number of hydrogen-bond donors (Lipinski definition) is 2. The van der Waals surface area contributed by atoms with E-state index < -0.39 is 0 Å². The SMILES string of the molecule is C=CC(=O)NCCc1cc(Br)c(O)c(Br)c1. The van der Waals surface area contributed by atoms with Crippen LogP contribution in [-0.2, 0) is 11.2 Å². The Bertz CT molecular complexity index is 395. The molecule has 0 bridgehead atoms. The fourth-order valence-electron chi connectivity index (χ4n) is 1.16. The van der Waals surface area contributed by atoms with Gasteiger partial charge in [0.15, 0.2) is 0 Å². The molecule has 1 aromatic carbocycles. The Morgan fingerprint density at radius 3 is 2.50 bits per heavy atom. The van der Waals surface area contributed by atoms with Gasteiger partial charge >= 0.3 is 0 Å². The van der Waals surface area contributed by atoms with Gasteiger partial charge < -0.3 is 10.4 Å². The average molecular weight is 349 g/mol. The number of benzene rings is 1. The van der Waals surface area contributed by atoms with Crippen molar-refractivity contribution in [2.75, 3.05) is 6.54 Å². The van der Waals surface area contributed by atoms with E-state index in [4.69, 9.17) is 0 Å². The number of amides is 1. The number of carbonyl (C=O) groups is 1. The third kappa shape index (κ3) is 3.64. The molecule has 0 aromatic heterocycles. The van der Waals surface area contributed by atoms with E-state index in [1.807, 2.05) is 12.1 Å². The first-order valence-corrected chi connectivity index (χ1v) is 6.20. The molecular weight excluding hydrogens is 338 g/mol. The first kappa shape index (κ1) is 13.3. The summed E-state index contributed by atoms with van der Waals surface area (Å²) in [5.74, 6) is -0.00390. The van der Waals surface area contributed by atoms with Crippen LogP contribution >= 0.6 is 31.9 Å². The van der Waals surface area contributed by atoms with Gasteiger partial charge in [-0.15, -0.1) is 0 Å². The summed E-state index contributed by atoms with van der Waals surface area (Å²) >= 11 is 6.50. The van der Waals surface area contributed by atoms with Crippen molar-refractivity contribution in [1.82, 2.24) is 5.32 Å². The normalized spacial score (nSPS) is 9.88. The molecular formula is C11H11Br2NO2. The monoisotopic (exact) mass is 347 g/mol. The molecule has 0 radical (unpaired) electrons. The van der Waals surface area contributed by atoms with E-state index in [1.165, 1.54) is 6.08 Å². The molecule has 1 rings (SSSR count). The maximum absolute atomic E-state index is 10.9. The number of phenolic OH excluding ortho intramolecular Hbond substituents is 1. The molecule has 0 aliphatic rings. The van der Waals surface area contributed by atoms with Crippen molar-refractivity contribution in [3.63, 3.8) is 0 Å². The number of nitrogens with one attached hydrogen (secondary N) is 1. The Balaban J connectivity index is 2.61. The van der Waals surface area contributed by atoms with Crippen LogP contribution in [0.2, 0.25) is 0 Å². The summed E-state index contributed by atoms with van der Waals surface area (Å²) in [6.07, 6.45) is 1.93. The maximum atomic E-state index is 10.9. The van der Waals surface area contributed by atoms with Crippen LogP contribution in [-0.4, -0.2) is 17.6 Å². The molecule has 1 aromatic rings. The van der Waals surface area contributed by atoms with E-state index in [0.717, 1.165) is 5.56 Å². The molecule has 0 fully saturated rings. The van der Waals surface area contributed by atoms with Crippen LogP contribution in [0.1, 0.15) is 5.56 Å². The molecule has 0 saturated heterocycles. The van der Waals surface area contributed by atoms with Crippen LogP contribution in [0.25, 0.3) is 0 Å². The standard InChI is InChI=1S/C11H11Br2NO2/c1-2-10(15)14-4-3-7-5-8(12)11(16)9(13)6-7/h2,5-6,16H,1,3-4H2,(H,14,15). The summed E-state index contributed by atoms with van der Waals surface area (Å²) in [6, 6.07) is 3.64. The molecule has 0 heterocycles. The van der Waals surface area contributed by atoms with Gasteiger partial charge in [-0.1, -0.05) is 6.58 Å². The molecule has 0 spiro atoms.